The summed E-state index contributed by atoms with van der Waals surface area (Å²) in [4.78, 5) is 12.6. The normalized spacial score (nSPS) is 12.3. The van der Waals surface area contributed by atoms with Crippen molar-refractivity contribution in [1.29, 1.82) is 0 Å². The number of rotatable bonds is 11. The first-order valence-corrected chi connectivity index (χ1v) is 12.6. The van der Waals surface area contributed by atoms with Crippen molar-refractivity contribution in [3.8, 4) is 5.75 Å². The highest BCUT2D eigenvalue weighted by Gasteiger charge is 2.21. The Hall–Kier alpha value is -2.54. The second-order valence-electron chi connectivity index (χ2n) is 7.71. The van der Waals surface area contributed by atoms with E-state index < -0.39 is 10.0 Å². The molecule has 1 unspecified atom stereocenters. The first-order valence-electron chi connectivity index (χ1n) is 10.7. The average molecular weight is 447 g/mol. The molecule has 0 aromatic heterocycles. The Morgan fingerprint density at radius 2 is 1.81 bits per heavy atom. The quantitative estimate of drug-likeness (QED) is 0.551. The summed E-state index contributed by atoms with van der Waals surface area (Å²) < 4.78 is 31.7. The molecule has 0 spiro atoms. The molecule has 6 nitrogen and oxygen atoms in total. The topological polar surface area (TPSA) is 75.7 Å². The number of benzene rings is 2. The first kappa shape index (κ1) is 24.7. The summed E-state index contributed by atoms with van der Waals surface area (Å²) in [5.41, 5.74) is 4.00. The summed E-state index contributed by atoms with van der Waals surface area (Å²) in [5.74, 6) is 0.428. The van der Waals surface area contributed by atoms with Crippen LogP contribution in [0.2, 0.25) is 0 Å². The number of aryl methyl sites for hydroxylation is 2. The molecule has 7 heteroatoms. The number of sulfonamides is 1. The minimum atomic E-state index is -3.51. The van der Waals surface area contributed by atoms with E-state index >= 15 is 0 Å². The SMILES string of the molecule is CCOc1ccccc1N(CCCC(=O)NC(CC)c1ccc(C)c(C)c1)S(C)(=O)=O. The number of para-hydroxylation sites is 2. The average Bonchev–Trinajstić information content (AvgIpc) is 2.71. The summed E-state index contributed by atoms with van der Waals surface area (Å²) in [6.07, 6.45) is 2.60. The highest BCUT2D eigenvalue weighted by Crippen LogP contribution is 2.30. The molecule has 1 amide bonds. The molecule has 0 radical (unpaired) electrons. The Kier molecular flexibility index (Phi) is 8.92. The summed E-state index contributed by atoms with van der Waals surface area (Å²) in [6.45, 7) is 8.66. The molecule has 0 aliphatic heterocycles. The van der Waals surface area contributed by atoms with Gasteiger partial charge < -0.3 is 10.1 Å². The second-order valence-corrected chi connectivity index (χ2v) is 9.62. The van der Waals surface area contributed by atoms with Crippen molar-refractivity contribution in [2.75, 3.05) is 23.7 Å². The van der Waals surface area contributed by atoms with Gasteiger partial charge in [-0.1, -0.05) is 37.3 Å². The fourth-order valence-electron chi connectivity index (χ4n) is 3.46. The zero-order chi connectivity index (χ0) is 23.0. The van der Waals surface area contributed by atoms with E-state index in [9.17, 15) is 13.2 Å². The van der Waals surface area contributed by atoms with Crippen LogP contribution in [-0.4, -0.2) is 33.7 Å². The largest absolute Gasteiger partial charge is 0.492 e. The van der Waals surface area contributed by atoms with Crippen LogP contribution in [0.5, 0.6) is 5.75 Å². The van der Waals surface area contributed by atoms with E-state index in [-0.39, 0.29) is 24.9 Å². The maximum absolute atomic E-state index is 12.6. The third kappa shape index (κ3) is 6.99. The summed E-state index contributed by atoms with van der Waals surface area (Å²) in [7, 11) is -3.51. The molecule has 0 fully saturated rings. The zero-order valence-electron chi connectivity index (χ0n) is 19.1. The Bertz CT molecular complexity index is 989. The third-order valence-corrected chi connectivity index (χ3v) is 6.46. The van der Waals surface area contributed by atoms with Gasteiger partial charge in [0, 0.05) is 13.0 Å². The van der Waals surface area contributed by atoms with Gasteiger partial charge in [0.25, 0.3) is 0 Å². The van der Waals surface area contributed by atoms with Crippen molar-refractivity contribution < 1.29 is 17.9 Å². The number of ether oxygens (including phenoxy) is 1. The highest BCUT2D eigenvalue weighted by atomic mass is 32.2. The molecular formula is C24H34N2O4S. The van der Waals surface area contributed by atoms with Crippen LogP contribution in [-0.2, 0) is 14.8 Å². The van der Waals surface area contributed by atoms with Crippen molar-refractivity contribution >= 4 is 21.6 Å². The minimum absolute atomic E-state index is 0.0588. The molecule has 2 aromatic rings. The van der Waals surface area contributed by atoms with Crippen LogP contribution in [0.15, 0.2) is 42.5 Å². The van der Waals surface area contributed by atoms with E-state index in [1.54, 1.807) is 24.3 Å². The highest BCUT2D eigenvalue weighted by molar-refractivity contribution is 7.92. The lowest BCUT2D eigenvalue weighted by atomic mass is 9.99. The summed E-state index contributed by atoms with van der Waals surface area (Å²) in [5, 5.41) is 3.08. The van der Waals surface area contributed by atoms with Crippen LogP contribution in [0.25, 0.3) is 0 Å². The third-order valence-electron chi connectivity index (χ3n) is 5.28. The van der Waals surface area contributed by atoms with Crippen LogP contribution in [0.4, 0.5) is 5.69 Å². The van der Waals surface area contributed by atoms with Crippen molar-refractivity contribution in [2.24, 2.45) is 0 Å². The molecular weight excluding hydrogens is 412 g/mol. The van der Waals surface area contributed by atoms with Crippen LogP contribution < -0.4 is 14.4 Å². The molecule has 0 bridgehead atoms. The van der Waals surface area contributed by atoms with E-state index in [1.807, 2.05) is 19.9 Å². The van der Waals surface area contributed by atoms with Crippen LogP contribution in [0, 0.1) is 13.8 Å². The molecule has 170 valence electrons. The number of nitrogens with one attached hydrogen (secondary N) is 1. The fourth-order valence-corrected chi connectivity index (χ4v) is 4.43. The molecule has 31 heavy (non-hydrogen) atoms. The van der Waals surface area contributed by atoms with Crippen molar-refractivity contribution in [2.45, 2.75) is 53.0 Å². The Labute approximate surface area is 186 Å². The number of anilines is 1. The van der Waals surface area contributed by atoms with Gasteiger partial charge in [-0.2, -0.15) is 0 Å². The smallest absolute Gasteiger partial charge is 0.232 e. The van der Waals surface area contributed by atoms with Gasteiger partial charge in [0.1, 0.15) is 5.75 Å². The summed E-state index contributed by atoms with van der Waals surface area (Å²) >= 11 is 0. The number of hydrogen-bond acceptors (Lipinski definition) is 4. The van der Waals surface area contributed by atoms with Crippen LogP contribution >= 0.6 is 0 Å². The fraction of sp³-hybridized carbons (Fsp3) is 0.458. The van der Waals surface area contributed by atoms with E-state index in [0.29, 0.717) is 24.5 Å². The van der Waals surface area contributed by atoms with Gasteiger partial charge in [-0.25, -0.2) is 8.42 Å². The Morgan fingerprint density at radius 1 is 1.10 bits per heavy atom. The number of carbonyl (C=O) groups is 1. The van der Waals surface area contributed by atoms with Gasteiger partial charge in [-0.15, -0.1) is 0 Å². The van der Waals surface area contributed by atoms with Crippen molar-refractivity contribution in [3.05, 3.63) is 59.2 Å². The van der Waals surface area contributed by atoms with Gasteiger partial charge in [0.15, 0.2) is 0 Å². The predicted octanol–water partition coefficient (Wildman–Crippen LogP) is 4.52. The van der Waals surface area contributed by atoms with Crippen molar-refractivity contribution in [3.63, 3.8) is 0 Å². The Balaban J connectivity index is 2.03. The molecule has 1 N–H and O–H groups in total. The predicted molar refractivity (Wildman–Crippen MR) is 126 cm³/mol. The van der Waals surface area contributed by atoms with Gasteiger partial charge in [-0.05, 0) is 62.4 Å². The second kappa shape index (κ2) is 11.2. The van der Waals surface area contributed by atoms with Gasteiger partial charge >= 0.3 is 0 Å². The zero-order valence-corrected chi connectivity index (χ0v) is 20.0. The molecule has 0 heterocycles. The molecule has 2 aromatic carbocycles. The van der Waals surface area contributed by atoms with Crippen LogP contribution in [0.3, 0.4) is 0 Å². The van der Waals surface area contributed by atoms with Gasteiger partial charge in [-0.3, -0.25) is 9.10 Å². The number of amides is 1. The molecule has 1 atom stereocenters. The van der Waals surface area contributed by atoms with E-state index in [2.05, 4.69) is 31.3 Å². The molecule has 0 saturated heterocycles. The minimum Gasteiger partial charge on any atom is -0.492 e. The number of nitrogens with zero attached hydrogens (tertiary/aromatic N) is 1. The Morgan fingerprint density at radius 3 is 2.42 bits per heavy atom. The standard InChI is InChI=1S/C24H34N2O4S/c1-6-21(20-15-14-18(3)19(4)17-20)25-24(27)13-10-16-26(31(5,28)29)22-11-8-9-12-23(22)30-7-2/h8-9,11-12,14-15,17,21H,6-7,10,13,16H2,1-5H3,(H,25,27). The number of hydrogen-bond donors (Lipinski definition) is 1. The van der Waals surface area contributed by atoms with Crippen molar-refractivity contribution in [1.82, 2.24) is 5.32 Å². The van der Waals surface area contributed by atoms with E-state index in [1.165, 1.54) is 21.7 Å². The molecule has 0 aliphatic rings. The number of carbonyl (C=O) groups excluding carboxylic acids is 1. The monoisotopic (exact) mass is 446 g/mol. The lowest BCUT2D eigenvalue weighted by molar-refractivity contribution is -0.121. The molecule has 2 rings (SSSR count). The van der Waals surface area contributed by atoms with Gasteiger partial charge in [0.2, 0.25) is 15.9 Å². The van der Waals surface area contributed by atoms with Gasteiger partial charge in [0.05, 0.1) is 24.6 Å². The van der Waals surface area contributed by atoms with E-state index in [0.717, 1.165) is 12.0 Å². The summed E-state index contributed by atoms with van der Waals surface area (Å²) in [6, 6.07) is 13.2. The molecule has 0 saturated carbocycles. The maximum Gasteiger partial charge on any atom is 0.232 e. The first-order chi connectivity index (χ1) is 14.7. The lowest BCUT2D eigenvalue weighted by Crippen LogP contribution is -2.33. The van der Waals surface area contributed by atoms with Crippen LogP contribution in [0.1, 0.15) is 55.8 Å². The lowest BCUT2D eigenvalue weighted by Gasteiger charge is -2.25. The molecule has 0 aliphatic carbocycles. The maximum atomic E-state index is 12.6. The van der Waals surface area contributed by atoms with E-state index in [4.69, 9.17) is 4.74 Å².